The summed E-state index contributed by atoms with van der Waals surface area (Å²) in [5.74, 6) is -0.704. The van der Waals surface area contributed by atoms with E-state index in [0.717, 1.165) is 5.56 Å². The molecule has 0 saturated carbocycles. The SMILES string of the molecule is CC(=O)Nc1ccc(S(=O)(=O)N[C@@H](C)C(=O)NCc2cccnc2)cc1. The maximum absolute atomic E-state index is 12.4. The van der Waals surface area contributed by atoms with Gasteiger partial charge < -0.3 is 10.6 Å². The molecule has 2 rings (SSSR count). The van der Waals surface area contributed by atoms with Crippen molar-refractivity contribution < 1.29 is 18.0 Å². The zero-order chi connectivity index (χ0) is 19.2. The van der Waals surface area contributed by atoms with Gasteiger partial charge >= 0.3 is 0 Å². The van der Waals surface area contributed by atoms with E-state index in [0.29, 0.717) is 5.69 Å². The Labute approximate surface area is 152 Å². The van der Waals surface area contributed by atoms with Gasteiger partial charge in [-0.25, -0.2) is 8.42 Å². The van der Waals surface area contributed by atoms with E-state index in [4.69, 9.17) is 0 Å². The van der Waals surface area contributed by atoms with E-state index < -0.39 is 22.0 Å². The molecule has 1 heterocycles. The lowest BCUT2D eigenvalue weighted by molar-refractivity contribution is -0.122. The monoisotopic (exact) mass is 376 g/mol. The van der Waals surface area contributed by atoms with Crippen LogP contribution in [0.1, 0.15) is 19.4 Å². The molecule has 1 aromatic heterocycles. The second kappa shape index (κ2) is 8.54. The Kier molecular flexibility index (Phi) is 6.42. The first kappa shape index (κ1) is 19.5. The standard InChI is InChI=1S/C17H20N4O4S/c1-12(17(23)19-11-14-4-3-9-18-10-14)21-26(24,25)16-7-5-15(6-8-16)20-13(2)22/h3-10,12,21H,11H2,1-2H3,(H,19,23)(H,20,22)/t12-/m0/s1. The molecule has 0 aliphatic rings. The van der Waals surface area contributed by atoms with E-state index in [1.165, 1.54) is 38.1 Å². The van der Waals surface area contributed by atoms with Gasteiger partial charge in [-0.2, -0.15) is 4.72 Å². The zero-order valence-corrected chi connectivity index (χ0v) is 15.2. The molecule has 0 aliphatic carbocycles. The highest BCUT2D eigenvalue weighted by atomic mass is 32.2. The minimum Gasteiger partial charge on any atom is -0.351 e. The van der Waals surface area contributed by atoms with Crippen molar-refractivity contribution >= 4 is 27.5 Å². The Morgan fingerprint density at radius 1 is 1.15 bits per heavy atom. The van der Waals surface area contributed by atoms with Gasteiger partial charge in [0.15, 0.2) is 0 Å². The molecule has 0 unspecified atom stereocenters. The lowest BCUT2D eigenvalue weighted by Crippen LogP contribution is -2.44. The highest BCUT2D eigenvalue weighted by Gasteiger charge is 2.21. The Balaban J connectivity index is 1.96. The maximum Gasteiger partial charge on any atom is 0.241 e. The number of amides is 2. The topological polar surface area (TPSA) is 117 Å². The molecule has 0 saturated heterocycles. The average Bonchev–Trinajstić information content (AvgIpc) is 2.60. The number of aromatic nitrogens is 1. The highest BCUT2D eigenvalue weighted by molar-refractivity contribution is 7.89. The Hall–Kier alpha value is -2.78. The lowest BCUT2D eigenvalue weighted by atomic mass is 10.2. The molecule has 0 bridgehead atoms. The van der Waals surface area contributed by atoms with Crippen molar-refractivity contribution in [3.8, 4) is 0 Å². The van der Waals surface area contributed by atoms with Crippen molar-refractivity contribution in [3.63, 3.8) is 0 Å². The number of carbonyl (C=O) groups excluding carboxylic acids is 2. The van der Waals surface area contributed by atoms with E-state index in [1.54, 1.807) is 24.5 Å². The first-order valence-electron chi connectivity index (χ1n) is 7.84. The van der Waals surface area contributed by atoms with Crippen molar-refractivity contribution in [3.05, 3.63) is 54.4 Å². The lowest BCUT2D eigenvalue weighted by Gasteiger charge is -2.14. The summed E-state index contributed by atoms with van der Waals surface area (Å²) in [7, 11) is -3.87. The summed E-state index contributed by atoms with van der Waals surface area (Å²) >= 11 is 0. The molecule has 2 amide bonds. The van der Waals surface area contributed by atoms with Gasteiger partial charge in [-0.15, -0.1) is 0 Å². The number of sulfonamides is 1. The maximum atomic E-state index is 12.4. The summed E-state index contributed by atoms with van der Waals surface area (Å²) in [5.41, 5.74) is 1.29. The van der Waals surface area contributed by atoms with Gasteiger partial charge in [-0.05, 0) is 42.8 Å². The minimum absolute atomic E-state index is 0.00138. The molecule has 3 N–H and O–H groups in total. The minimum atomic E-state index is -3.87. The summed E-state index contributed by atoms with van der Waals surface area (Å²) in [6, 6.07) is 8.26. The predicted molar refractivity (Wildman–Crippen MR) is 96.6 cm³/mol. The molecule has 26 heavy (non-hydrogen) atoms. The fourth-order valence-corrected chi connectivity index (χ4v) is 3.32. The van der Waals surface area contributed by atoms with Crippen LogP contribution in [-0.4, -0.2) is 31.3 Å². The second-order valence-electron chi connectivity index (χ2n) is 5.63. The number of hydrogen-bond donors (Lipinski definition) is 3. The molecule has 8 nitrogen and oxygen atoms in total. The molecular weight excluding hydrogens is 356 g/mol. The molecule has 0 aliphatic heterocycles. The second-order valence-corrected chi connectivity index (χ2v) is 7.34. The molecule has 0 spiro atoms. The number of carbonyl (C=O) groups is 2. The summed E-state index contributed by atoms with van der Waals surface area (Å²) in [6.45, 7) is 3.07. The predicted octanol–water partition coefficient (Wildman–Crippen LogP) is 1.02. The summed E-state index contributed by atoms with van der Waals surface area (Å²) in [5, 5.41) is 5.20. The number of pyridine rings is 1. The quantitative estimate of drug-likeness (QED) is 0.667. The summed E-state index contributed by atoms with van der Waals surface area (Å²) in [6.07, 6.45) is 3.24. The van der Waals surface area contributed by atoms with Gasteiger partial charge in [0.1, 0.15) is 0 Å². The number of anilines is 1. The van der Waals surface area contributed by atoms with Gasteiger partial charge in [-0.1, -0.05) is 6.07 Å². The van der Waals surface area contributed by atoms with Gasteiger partial charge in [0.2, 0.25) is 21.8 Å². The Morgan fingerprint density at radius 2 is 1.85 bits per heavy atom. The molecule has 0 fully saturated rings. The highest BCUT2D eigenvalue weighted by Crippen LogP contribution is 2.14. The van der Waals surface area contributed by atoms with Gasteiger partial charge in [0, 0.05) is 31.5 Å². The van der Waals surface area contributed by atoms with Crippen LogP contribution in [0, 0.1) is 0 Å². The molecule has 0 radical (unpaired) electrons. The van der Waals surface area contributed by atoms with Crippen LogP contribution in [-0.2, 0) is 26.2 Å². The van der Waals surface area contributed by atoms with Crippen LogP contribution >= 0.6 is 0 Å². The number of hydrogen-bond acceptors (Lipinski definition) is 5. The third-order valence-electron chi connectivity index (χ3n) is 3.40. The zero-order valence-electron chi connectivity index (χ0n) is 14.4. The van der Waals surface area contributed by atoms with E-state index in [9.17, 15) is 18.0 Å². The van der Waals surface area contributed by atoms with Crippen LogP contribution in [0.15, 0.2) is 53.7 Å². The molecule has 1 aromatic carbocycles. The van der Waals surface area contributed by atoms with Crippen LogP contribution < -0.4 is 15.4 Å². The molecule has 2 aromatic rings. The van der Waals surface area contributed by atoms with E-state index in [-0.39, 0.29) is 17.3 Å². The number of nitrogens with zero attached hydrogens (tertiary/aromatic N) is 1. The van der Waals surface area contributed by atoms with Crippen LogP contribution in [0.2, 0.25) is 0 Å². The van der Waals surface area contributed by atoms with Gasteiger partial charge in [0.05, 0.1) is 10.9 Å². The van der Waals surface area contributed by atoms with Crippen molar-refractivity contribution in [1.29, 1.82) is 0 Å². The third kappa shape index (κ3) is 5.64. The fourth-order valence-electron chi connectivity index (χ4n) is 2.12. The van der Waals surface area contributed by atoms with Gasteiger partial charge in [-0.3, -0.25) is 14.6 Å². The summed E-state index contributed by atoms with van der Waals surface area (Å²) < 4.78 is 27.1. The van der Waals surface area contributed by atoms with Crippen molar-refractivity contribution in [1.82, 2.24) is 15.0 Å². The smallest absolute Gasteiger partial charge is 0.241 e. The Bertz CT molecular complexity index is 867. The van der Waals surface area contributed by atoms with E-state index >= 15 is 0 Å². The van der Waals surface area contributed by atoms with Crippen molar-refractivity contribution in [2.75, 3.05) is 5.32 Å². The Morgan fingerprint density at radius 3 is 2.42 bits per heavy atom. The average molecular weight is 376 g/mol. The van der Waals surface area contributed by atoms with Gasteiger partial charge in [0.25, 0.3) is 0 Å². The molecule has 138 valence electrons. The normalized spacial score (nSPS) is 12.2. The van der Waals surface area contributed by atoms with Crippen molar-refractivity contribution in [2.24, 2.45) is 0 Å². The first-order chi connectivity index (χ1) is 12.3. The van der Waals surface area contributed by atoms with Crippen LogP contribution in [0.3, 0.4) is 0 Å². The van der Waals surface area contributed by atoms with E-state index in [1.807, 2.05) is 0 Å². The van der Waals surface area contributed by atoms with Crippen molar-refractivity contribution in [2.45, 2.75) is 31.3 Å². The first-order valence-corrected chi connectivity index (χ1v) is 9.33. The number of rotatable bonds is 7. The van der Waals surface area contributed by atoms with Crippen LogP contribution in [0.5, 0.6) is 0 Å². The van der Waals surface area contributed by atoms with Crippen LogP contribution in [0.4, 0.5) is 5.69 Å². The third-order valence-corrected chi connectivity index (χ3v) is 4.96. The van der Waals surface area contributed by atoms with E-state index in [2.05, 4.69) is 20.3 Å². The summed E-state index contributed by atoms with van der Waals surface area (Å²) in [4.78, 5) is 27.0. The fraction of sp³-hybridized carbons (Fsp3) is 0.235. The number of nitrogens with one attached hydrogen (secondary N) is 3. The molecule has 1 atom stereocenters. The van der Waals surface area contributed by atoms with Crippen LogP contribution in [0.25, 0.3) is 0 Å². The molecular formula is C17H20N4O4S. The number of benzene rings is 1. The largest absolute Gasteiger partial charge is 0.351 e. The molecule has 9 heteroatoms.